The Labute approximate surface area is 130 Å². The van der Waals surface area contributed by atoms with E-state index in [1.54, 1.807) is 0 Å². The Balaban J connectivity index is 0.00000220. The lowest BCUT2D eigenvalue weighted by atomic mass is 9.93. The van der Waals surface area contributed by atoms with Crippen molar-refractivity contribution < 1.29 is 0 Å². The second-order valence-corrected chi connectivity index (χ2v) is 5.42. The smallest absolute Gasteiger partial charge is 0.0167 e. The van der Waals surface area contributed by atoms with Gasteiger partial charge in [0.15, 0.2) is 0 Å². The number of hydrogen-bond acceptors (Lipinski definition) is 0. The molecule has 21 heavy (non-hydrogen) atoms. The molecule has 0 bridgehead atoms. The molecule has 0 heterocycles. The molecule has 0 heteroatoms. The van der Waals surface area contributed by atoms with Crippen LogP contribution in [0, 0.1) is 6.92 Å². The predicted molar refractivity (Wildman–Crippen MR) is 96.6 cm³/mol. The molecule has 0 aromatic heterocycles. The Morgan fingerprint density at radius 2 is 1.19 bits per heavy atom. The van der Waals surface area contributed by atoms with Gasteiger partial charge in [0.25, 0.3) is 0 Å². The lowest BCUT2D eigenvalue weighted by Crippen LogP contribution is -1.94. The number of benzene rings is 2. The van der Waals surface area contributed by atoms with E-state index in [9.17, 15) is 0 Å². The van der Waals surface area contributed by atoms with Crippen molar-refractivity contribution in [2.45, 2.75) is 47.0 Å². The lowest BCUT2D eigenvalue weighted by molar-refractivity contribution is 0.642. The Morgan fingerprint density at radius 1 is 0.762 bits per heavy atom. The van der Waals surface area contributed by atoms with E-state index < -0.39 is 0 Å². The zero-order valence-corrected chi connectivity index (χ0v) is 12.8. The molecule has 2 aromatic rings. The molecule has 112 valence electrons. The third-order valence-corrected chi connectivity index (χ3v) is 3.94. The van der Waals surface area contributed by atoms with E-state index >= 15 is 0 Å². The summed E-state index contributed by atoms with van der Waals surface area (Å²) in [6.07, 6.45) is 6.79. The molecule has 0 aliphatic carbocycles. The molecule has 0 spiro atoms. The molecule has 0 N–H and O–H groups in total. The third-order valence-electron chi connectivity index (χ3n) is 3.94. The minimum absolute atomic E-state index is 0. The topological polar surface area (TPSA) is 0 Å². The van der Waals surface area contributed by atoms with E-state index in [2.05, 4.69) is 81.5 Å². The molecule has 0 unspecified atom stereocenters. The molecular formula is C21H28. The van der Waals surface area contributed by atoms with Crippen molar-refractivity contribution in [1.29, 1.82) is 0 Å². The van der Waals surface area contributed by atoms with Crippen LogP contribution in [0.1, 0.15) is 62.3 Å². The van der Waals surface area contributed by atoms with E-state index in [-0.39, 0.29) is 7.43 Å². The molecule has 2 aromatic carbocycles. The van der Waals surface area contributed by atoms with Gasteiger partial charge in [-0.15, -0.1) is 0 Å². The normalized spacial score (nSPS) is 10.9. The van der Waals surface area contributed by atoms with Crippen molar-refractivity contribution in [3.8, 4) is 0 Å². The van der Waals surface area contributed by atoms with Gasteiger partial charge in [-0.2, -0.15) is 0 Å². The van der Waals surface area contributed by atoms with Crippen LogP contribution in [-0.2, 0) is 0 Å². The van der Waals surface area contributed by atoms with Gasteiger partial charge in [-0.05, 0) is 42.4 Å². The van der Waals surface area contributed by atoms with Crippen LogP contribution in [-0.4, -0.2) is 0 Å². The Kier molecular flexibility index (Phi) is 6.94. The summed E-state index contributed by atoms with van der Waals surface area (Å²) in [4.78, 5) is 0. The Morgan fingerprint density at radius 3 is 1.62 bits per heavy atom. The summed E-state index contributed by atoms with van der Waals surface area (Å²) in [6.45, 7) is 6.64. The summed E-state index contributed by atoms with van der Waals surface area (Å²) in [6, 6.07) is 17.6. The van der Waals surface area contributed by atoms with E-state index in [1.165, 1.54) is 35.1 Å². The van der Waals surface area contributed by atoms with Gasteiger partial charge in [0.2, 0.25) is 0 Å². The summed E-state index contributed by atoms with van der Waals surface area (Å²) in [5.41, 5.74) is 5.28. The average Bonchev–Trinajstić information content (AvgIpc) is 2.49. The SMILES string of the molecule is C.CCC(CC)c1ccc(/C=C/c2ccc(C)cc2)cc1. The highest BCUT2D eigenvalue weighted by Crippen LogP contribution is 2.23. The van der Waals surface area contributed by atoms with Gasteiger partial charge >= 0.3 is 0 Å². The van der Waals surface area contributed by atoms with Crippen LogP contribution in [0.25, 0.3) is 12.2 Å². The maximum absolute atomic E-state index is 2.27. The lowest BCUT2D eigenvalue weighted by Gasteiger charge is -2.12. The van der Waals surface area contributed by atoms with Gasteiger partial charge < -0.3 is 0 Å². The second kappa shape index (κ2) is 8.46. The highest BCUT2D eigenvalue weighted by molar-refractivity contribution is 5.69. The van der Waals surface area contributed by atoms with Crippen LogP contribution in [0.15, 0.2) is 48.5 Å². The molecule has 0 aliphatic heterocycles. The summed E-state index contributed by atoms with van der Waals surface area (Å²) in [5, 5.41) is 0. The van der Waals surface area contributed by atoms with Crippen LogP contribution in [0.4, 0.5) is 0 Å². The largest absolute Gasteiger partial charge is 0.0776 e. The van der Waals surface area contributed by atoms with Crippen molar-refractivity contribution in [1.82, 2.24) is 0 Å². The summed E-state index contributed by atoms with van der Waals surface area (Å²) in [7, 11) is 0. The van der Waals surface area contributed by atoms with Crippen molar-refractivity contribution in [3.05, 3.63) is 70.8 Å². The maximum atomic E-state index is 2.27. The predicted octanol–water partition coefficient (Wildman–Crippen LogP) is 6.71. The number of rotatable bonds is 5. The summed E-state index contributed by atoms with van der Waals surface area (Å²) >= 11 is 0. The Bertz CT molecular complexity index is 540. The molecule has 0 fully saturated rings. The van der Waals surface area contributed by atoms with Crippen LogP contribution in [0.3, 0.4) is 0 Å². The third kappa shape index (κ3) is 4.90. The van der Waals surface area contributed by atoms with E-state index in [4.69, 9.17) is 0 Å². The first-order chi connectivity index (χ1) is 9.72. The van der Waals surface area contributed by atoms with E-state index in [0.29, 0.717) is 5.92 Å². The molecule has 0 nitrogen and oxygen atoms in total. The van der Waals surface area contributed by atoms with Crippen LogP contribution < -0.4 is 0 Å². The van der Waals surface area contributed by atoms with Crippen LogP contribution in [0.5, 0.6) is 0 Å². The van der Waals surface area contributed by atoms with E-state index in [1.807, 2.05) is 0 Å². The molecular weight excluding hydrogens is 252 g/mol. The van der Waals surface area contributed by atoms with Crippen molar-refractivity contribution in [2.24, 2.45) is 0 Å². The zero-order valence-electron chi connectivity index (χ0n) is 12.8. The van der Waals surface area contributed by atoms with Gasteiger partial charge in [-0.25, -0.2) is 0 Å². The first-order valence-corrected chi connectivity index (χ1v) is 7.57. The fourth-order valence-corrected chi connectivity index (χ4v) is 2.51. The van der Waals surface area contributed by atoms with Crippen LogP contribution in [0.2, 0.25) is 0 Å². The first kappa shape index (κ1) is 17.2. The van der Waals surface area contributed by atoms with Gasteiger partial charge in [0.05, 0.1) is 0 Å². The minimum Gasteiger partial charge on any atom is -0.0776 e. The van der Waals surface area contributed by atoms with Crippen molar-refractivity contribution in [3.63, 3.8) is 0 Å². The molecule has 2 rings (SSSR count). The summed E-state index contributed by atoms with van der Waals surface area (Å²) in [5.74, 6) is 0.699. The number of aryl methyl sites for hydroxylation is 1. The molecule has 0 radical (unpaired) electrons. The summed E-state index contributed by atoms with van der Waals surface area (Å²) < 4.78 is 0. The average molecular weight is 280 g/mol. The highest BCUT2D eigenvalue weighted by atomic mass is 14.1. The molecule has 0 aliphatic rings. The van der Waals surface area contributed by atoms with Gasteiger partial charge in [-0.3, -0.25) is 0 Å². The fourth-order valence-electron chi connectivity index (χ4n) is 2.51. The molecule has 0 saturated heterocycles. The quantitative estimate of drug-likeness (QED) is 0.534. The first-order valence-electron chi connectivity index (χ1n) is 7.57. The van der Waals surface area contributed by atoms with Crippen LogP contribution >= 0.6 is 0 Å². The van der Waals surface area contributed by atoms with Gasteiger partial charge in [0, 0.05) is 0 Å². The van der Waals surface area contributed by atoms with Crippen molar-refractivity contribution >= 4 is 12.2 Å². The molecule has 0 amide bonds. The standard InChI is InChI=1S/C20H24.CH4/c1-4-19(5-2)20-14-12-18(13-15-20)11-10-17-8-6-16(3)7-9-17;/h6-15,19H,4-5H2,1-3H3;1H4/b11-10+;. The van der Waals surface area contributed by atoms with Crippen molar-refractivity contribution in [2.75, 3.05) is 0 Å². The fraction of sp³-hybridized carbons (Fsp3) is 0.333. The monoisotopic (exact) mass is 280 g/mol. The Hall–Kier alpha value is -1.82. The minimum atomic E-state index is 0. The van der Waals surface area contributed by atoms with Gasteiger partial charge in [0.1, 0.15) is 0 Å². The zero-order chi connectivity index (χ0) is 14.4. The highest BCUT2D eigenvalue weighted by Gasteiger charge is 2.05. The maximum Gasteiger partial charge on any atom is -0.0167 e. The second-order valence-electron chi connectivity index (χ2n) is 5.42. The number of hydrogen-bond donors (Lipinski definition) is 0. The van der Waals surface area contributed by atoms with E-state index in [0.717, 1.165) is 0 Å². The van der Waals surface area contributed by atoms with Gasteiger partial charge in [-0.1, -0.05) is 87.5 Å². The molecule has 0 saturated carbocycles. The molecule has 0 atom stereocenters.